The van der Waals surface area contributed by atoms with Crippen LogP contribution in [0.5, 0.6) is 0 Å². The lowest BCUT2D eigenvalue weighted by Gasteiger charge is -2.57. The number of fused-ring (bicyclic) bond motifs is 5. The minimum absolute atomic E-state index is 0.383. The van der Waals surface area contributed by atoms with Crippen LogP contribution in [0.2, 0.25) is 0 Å². The largest absolute Gasteiger partial charge is 0.300 e. The van der Waals surface area contributed by atoms with Crippen molar-refractivity contribution in [3.8, 4) is 0 Å². The Morgan fingerprint density at radius 2 is 1.77 bits per heavy atom. The summed E-state index contributed by atoms with van der Waals surface area (Å²) in [4.78, 5) is 12.1. The molecule has 30 heavy (non-hydrogen) atoms. The molecule has 0 bridgehead atoms. The van der Waals surface area contributed by atoms with E-state index in [1.54, 1.807) is 0 Å². The molecule has 1 heteroatoms. The van der Waals surface area contributed by atoms with Crippen molar-refractivity contribution in [2.45, 2.75) is 99.3 Å². The first kappa shape index (κ1) is 22.3. The quantitative estimate of drug-likeness (QED) is 0.419. The van der Waals surface area contributed by atoms with Crippen molar-refractivity contribution in [1.82, 2.24) is 0 Å². The molecule has 168 valence electrons. The average molecular weight is 411 g/mol. The predicted molar refractivity (Wildman–Crippen MR) is 127 cm³/mol. The maximum Gasteiger partial charge on any atom is 0.133 e. The van der Waals surface area contributed by atoms with E-state index in [1.807, 2.05) is 5.57 Å². The van der Waals surface area contributed by atoms with Crippen LogP contribution in [0.3, 0.4) is 0 Å². The van der Waals surface area contributed by atoms with Gasteiger partial charge in [0.05, 0.1) is 0 Å². The van der Waals surface area contributed by atoms with Crippen molar-refractivity contribution in [2.75, 3.05) is 0 Å². The first-order valence-corrected chi connectivity index (χ1v) is 13.1. The molecule has 3 saturated carbocycles. The van der Waals surface area contributed by atoms with Crippen LogP contribution in [0, 0.1) is 52.3 Å². The molecule has 0 aromatic heterocycles. The van der Waals surface area contributed by atoms with Crippen LogP contribution in [-0.4, -0.2) is 5.78 Å². The summed E-state index contributed by atoms with van der Waals surface area (Å²) in [6.45, 7) is 14.7. The Hall–Kier alpha value is -0.850. The highest BCUT2D eigenvalue weighted by molar-refractivity contribution is 5.79. The lowest BCUT2D eigenvalue weighted by molar-refractivity contribution is -0.127. The number of hydrogen-bond acceptors (Lipinski definition) is 1. The highest BCUT2D eigenvalue weighted by Crippen LogP contribution is 2.66. The van der Waals surface area contributed by atoms with Gasteiger partial charge in [0.25, 0.3) is 0 Å². The number of rotatable bonds is 5. The van der Waals surface area contributed by atoms with Gasteiger partial charge in [-0.3, -0.25) is 4.79 Å². The third kappa shape index (κ3) is 3.57. The second-order valence-corrected chi connectivity index (χ2v) is 12.3. The zero-order valence-electron chi connectivity index (χ0n) is 20.5. The lowest BCUT2D eigenvalue weighted by atomic mass is 9.48. The zero-order chi connectivity index (χ0) is 21.7. The first-order valence-electron chi connectivity index (χ1n) is 13.1. The summed E-state index contributed by atoms with van der Waals surface area (Å²) in [6, 6.07) is 0. The number of carbonyl (C=O) groups is 1. The molecule has 0 spiro atoms. The summed E-state index contributed by atoms with van der Waals surface area (Å²) < 4.78 is 0. The highest BCUT2D eigenvalue weighted by Gasteiger charge is 2.58. The fourth-order valence-electron chi connectivity index (χ4n) is 8.49. The smallest absolute Gasteiger partial charge is 0.133 e. The molecule has 4 aliphatic carbocycles. The third-order valence-corrected chi connectivity index (χ3v) is 10.6. The molecule has 1 nitrogen and oxygen atoms in total. The van der Waals surface area contributed by atoms with Crippen molar-refractivity contribution in [3.63, 3.8) is 0 Å². The summed E-state index contributed by atoms with van der Waals surface area (Å²) in [7, 11) is 0. The van der Waals surface area contributed by atoms with Crippen LogP contribution in [0.15, 0.2) is 23.8 Å². The minimum Gasteiger partial charge on any atom is -0.300 e. The van der Waals surface area contributed by atoms with E-state index in [0.717, 1.165) is 55.3 Å². The number of ketones is 1. The van der Waals surface area contributed by atoms with Gasteiger partial charge >= 0.3 is 0 Å². The molecule has 0 aliphatic heterocycles. The van der Waals surface area contributed by atoms with E-state index in [1.165, 1.54) is 32.1 Å². The molecule has 0 aromatic rings. The van der Waals surface area contributed by atoms with Gasteiger partial charge in [0, 0.05) is 12.8 Å². The Morgan fingerprint density at radius 3 is 2.47 bits per heavy atom. The van der Waals surface area contributed by atoms with Gasteiger partial charge in [0.15, 0.2) is 0 Å². The lowest BCUT2D eigenvalue weighted by Crippen LogP contribution is -2.49. The second-order valence-electron chi connectivity index (χ2n) is 12.3. The highest BCUT2D eigenvalue weighted by atomic mass is 16.1. The monoisotopic (exact) mass is 410 g/mol. The van der Waals surface area contributed by atoms with Gasteiger partial charge in [-0.15, -0.1) is 0 Å². The molecule has 0 saturated heterocycles. The minimum atomic E-state index is 0.383. The molecule has 4 aliphatic rings. The fourth-order valence-corrected chi connectivity index (χ4v) is 8.49. The van der Waals surface area contributed by atoms with Gasteiger partial charge in [-0.2, -0.15) is 0 Å². The van der Waals surface area contributed by atoms with Gasteiger partial charge in [-0.1, -0.05) is 65.3 Å². The fraction of sp³-hybridized carbons (Fsp3) is 0.828. The molecule has 0 heterocycles. The van der Waals surface area contributed by atoms with Gasteiger partial charge in [0.2, 0.25) is 0 Å². The Bertz CT molecular complexity index is 714. The van der Waals surface area contributed by atoms with Gasteiger partial charge in [-0.05, 0) is 97.2 Å². The van der Waals surface area contributed by atoms with Gasteiger partial charge in [-0.25, -0.2) is 0 Å². The first-order chi connectivity index (χ1) is 14.2. The molecular formula is C29H46O. The van der Waals surface area contributed by atoms with Crippen LogP contribution in [0.4, 0.5) is 0 Å². The summed E-state index contributed by atoms with van der Waals surface area (Å²) >= 11 is 0. The topological polar surface area (TPSA) is 17.1 Å². The number of carbonyl (C=O) groups excluding carboxylic acids is 1. The summed E-state index contributed by atoms with van der Waals surface area (Å²) in [5.41, 5.74) is 2.68. The maximum absolute atomic E-state index is 12.1. The molecular weight excluding hydrogens is 364 g/mol. The number of allylic oxidation sites excluding steroid dienone is 4. The Morgan fingerprint density at radius 1 is 1.03 bits per heavy atom. The summed E-state index contributed by atoms with van der Waals surface area (Å²) in [5.74, 6) is 5.63. The number of Topliss-reactive ketones (excluding diaryl/α,β-unsaturated/α-hetero) is 1. The molecule has 0 amide bonds. The SMILES string of the molecule is CC[C@H](C=C[C@H](C)[C@H]1CC[C@@H]2C3=CC[C@H]4CC(=O)CC[C@]4(C)[C@H]3CC[C@@]21C)C(C)C. The maximum atomic E-state index is 12.1. The van der Waals surface area contributed by atoms with E-state index in [-0.39, 0.29) is 0 Å². The molecule has 0 radical (unpaired) electrons. The number of hydrogen-bond donors (Lipinski definition) is 0. The van der Waals surface area contributed by atoms with Gasteiger partial charge < -0.3 is 0 Å². The van der Waals surface area contributed by atoms with Crippen LogP contribution >= 0.6 is 0 Å². The van der Waals surface area contributed by atoms with Crippen molar-refractivity contribution < 1.29 is 4.79 Å². The normalized spacial score (nSPS) is 43.2. The van der Waals surface area contributed by atoms with E-state index in [2.05, 4.69) is 59.8 Å². The summed E-state index contributed by atoms with van der Waals surface area (Å²) in [5, 5.41) is 0. The standard InChI is InChI=1S/C29H46O/c1-7-21(19(2)3)9-8-20(4)25-12-13-26-24-11-10-22-18-23(30)14-16-28(22,5)27(24)15-17-29(25,26)6/h8-9,11,19-22,25-27H,7,10,12-18H2,1-6H3/t20-,21+,22-,25+,26+,27-,28-,29+/m0/s1. The van der Waals surface area contributed by atoms with Crippen molar-refractivity contribution in [1.29, 1.82) is 0 Å². The van der Waals surface area contributed by atoms with E-state index in [0.29, 0.717) is 28.4 Å². The Labute approximate surface area is 186 Å². The van der Waals surface area contributed by atoms with Gasteiger partial charge in [0.1, 0.15) is 5.78 Å². The predicted octanol–water partition coefficient (Wildman–Crippen LogP) is 8.01. The molecule has 4 rings (SSSR count). The second kappa shape index (κ2) is 8.25. The Balaban J connectivity index is 1.54. The Kier molecular flexibility index (Phi) is 6.15. The van der Waals surface area contributed by atoms with Crippen molar-refractivity contribution >= 4 is 5.78 Å². The third-order valence-electron chi connectivity index (χ3n) is 10.6. The molecule has 0 N–H and O–H groups in total. The van der Waals surface area contributed by atoms with Crippen LogP contribution in [-0.2, 0) is 4.79 Å². The van der Waals surface area contributed by atoms with E-state index < -0.39 is 0 Å². The van der Waals surface area contributed by atoms with Crippen molar-refractivity contribution in [3.05, 3.63) is 23.8 Å². The van der Waals surface area contributed by atoms with E-state index >= 15 is 0 Å². The van der Waals surface area contributed by atoms with E-state index in [4.69, 9.17) is 0 Å². The summed E-state index contributed by atoms with van der Waals surface area (Å²) in [6.07, 6.45) is 18.5. The molecule has 8 atom stereocenters. The zero-order valence-corrected chi connectivity index (χ0v) is 20.5. The van der Waals surface area contributed by atoms with E-state index in [9.17, 15) is 4.79 Å². The average Bonchev–Trinajstić information content (AvgIpc) is 3.06. The molecule has 0 aromatic carbocycles. The van der Waals surface area contributed by atoms with Crippen LogP contribution < -0.4 is 0 Å². The van der Waals surface area contributed by atoms with Crippen molar-refractivity contribution in [2.24, 2.45) is 52.3 Å². The van der Waals surface area contributed by atoms with Crippen LogP contribution in [0.25, 0.3) is 0 Å². The molecule has 0 unspecified atom stereocenters. The van der Waals surface area contributed by atoms with Crippen LogP contribution in [0.1, 0.15) is 99.3 Å². The molecule has 3 fully saturated rings.